The van der Waals surface area contributed by atoms with Crippen molar-refractivity contribution in [1.82, 2.24) is 9.97 Å². The second-order valence-corrected chi connectivity index (χ2v) is 7.30. The van der Waals surface area contributed by atoms with Gasteiger partial charge in [0.1, 0.15) is 5.49 Å². The molecule has 0 spiro atoms. The molecular weight excluding hydrogens is 294 g/mol. The molecule has 5 N–H and O–H groups in total. The first-order valence-corrected chi connectivity index (χ1v) is 7.97. The summed E-state index contributed by atoms with van der Waals surface area (Å²) in [4.78, 5) is 23.3. The highest BCUT2D eigenvalue weighted by Gasteiger charge is 2.26. The van der Waals surface area contributed by atoms with Crippen LogP contribution in [0, 0.1) is 5.92 Å². The van der Waals surface area contributed by atoms with Gasteiger partial charge in [0.15, 0.2) is 0 Å². The second-order valence-electron chi connectivity index (χ2n) is 7.30. The van der Waals surface area contributed by atoms with Crippen LogP contribution in [0.2, 0.25) is 0 Å². The molecule has 1 aliphatic carbocycles. The average Bonchev–Trinajstić information content (AvgIpc) is 2.40. The van der Waals surface area contributed by atoms with Crippen LogP contribution in [0.3, 0.4) is 0 Å². The number of aliphatic hydroxyl groups is 1. The number of amides is 1. The van der Waals surface area contributed by atoms with Crippen molar-refractivity contribution in [3.05, 3.63) is 17.2 Å². The highest BCUT2D eigenvalue weighted by Crippen LogP contribution is 2.25. The average molecular weight is 322 g/mol. The van der Waals surface area contributed by atoms with Crippen LogP contribution < -0.4 is 16.5 Å². The third-order valence-electron chi connectivity index (χ3n) is 3.93. The third kappa shape index (κ3) is 4.79. The summed E-state index contributed by atoms with van der Waals surface area (Å²) in [5.41, 5.74) is 5.36. The Morgan fingerprint density at radius 3 is 2.83 bits per heavy atom. The molecule has 2 rings (SSSR count). The van der Waals surface area contributed by atoms with E-state index in [4.69, 9.17) is 7.10 Å². The maximum absolute atomic E-state index is 11.7. The van der Waals surface area contributed by atoms with Crippen molar-refractivity contribution in [2.24, 2.45) is 16.6 Å². The molecule has 0 bridgehead atoms. The van der Waals surface area contributed by atoms with Crippen molar-refractivity contribution in [3.63, 3.8) is 0 Å². The molecule has 1 aromatic heterocycles. The van der Waals surface area contributed by atoms with Crippen LogP contribution in [0.5, 0.6) is 0 Å². The number of carbonyl (C=O) groups is 1. The van der Waals surface area contributed by atoms with Crippen molar-refractivity contribution in [1.29, 1.82) is 0 Å². The summed E-state index contributed by atoms with van der Waals surface area (Å²) >= 11 is 0. The van der Waals surface area contributed by atoms with Gasteiger partial charge in [-0.3, -0.25) is 9.79 Å². The van der Waals surface area contributed by atoms with Crippen LogP contribution in [0.15, 0.2) is 11.2 Å². The second kappa shape index (κ2) is 6.70. The molecule has 0 aliphatic heterocycles. The number of carbonyl (C=O) groups excluding carboxylic acids is 1. The number of primary amides is 1. The smallest absolute Gasteiger partial charge is 0.254 e. The summed E-state index contributed by atoms with van der Waals surface area (Å²) in [6, 6.07) is -0.116. The van der Waals surface area contributed by atoms with Crippen LogP contribution in [0.4, 0.5) is 5.95 Å². The summed E-state index contributed by atoms with van der Waals surface area (Å²) in [5, 5.41) is 13.2. The standard InChI is InChI=1S/C16H27N5O2/c1-9-5-6-10(7-12(9)22)19-14-11(13(17)23)8-18-15(20-14)21-16(2,3)4/h8-10,12,22H,5-7H2,1-4H3,(H2,17,23)(H2,18,19,20,21)/i8D. The molecule has 128 valence electrons. The number of nitrogens with two attached hydrogens (primary N) is 1. The monoisotopic (exact) mass is 322 g/mol. The van der Waals surface area contributed by atoms with Gasteiger partial charge in [-0.05, 0) is 46.0 Å². The summed E-state index contributed by atoms with van der Waals surface area (Å²) < 4.78 is 8.00. The van der Waals surface area contributed by atoms with Crippen molar-refractivity contribution >= 4 is 11.9 Å². The van der Waals surface area contributed by atoms with E-state index in [9.17, 15) is 9.90 Å². The maximum Gasteiger partial charge on any atom is 0.254 e. The van der Waals surface area contributed by atoms with E-state index in [2.05, 4.69) is 20.3 Å². The van der Waals surface area contributed by atoms with Gasteiger partial charge >= 0.3 is 0 Å². The summed E-state index contributed by atoms with van der Waals surface area (Å²) in [5.74, 6) is -0.131. The number of aliphatic hydroxyl groups excluding tert-OH is 1. The van der Waals surface area contributed by atoms with E-state index >= 15 is 0 Å². The van der Waals surface area contributed by atoms with Gasteiger partial charge < -0.3 is 21.1 Å². The Hall–Kier alpha value is -1.89. The molecule has 1 aliphatic rings. The molecule has 1 amide bonds. The van der Waals surface area contributed by atoms with Gasteiger partial charge in [-0.15, -0.1) is 0 Å². The van der Waals surface area contributed by atoms with Crippen molar-refractivity contribution in [3.8, 4) is 0 Å². The van der Waals surface area contributed by atoms with E-state index in [1.54, 1.807) is 0 Å². The Kier molecular flexibility index (Phi) is 4.66. The summed E-state index contributed by atoms with van der Waals surface area (Å²) in [6.07, 6.45) is 1.60. The highest BCUT2D eigenvalue weighted by atomic mass is 16.3. The first-order valence-electron chi connectivity index (χ1n) is 8.47. The SMILES string of the molecule is [2H]c1nc(NC(C)(C)C)[nH]c(=NC2CCC(C)C(O)C2)c1C(N)=O. The fourth-order valence-electron chi connectivity index (χ4n) is 2.63. The van der Waals surface area contributed by atoms with Crippen molar-refractivity contribution in [2.45, 2.75) is 64.6 Å². The molecule has 1 saturated carbocycles. The van der Waals surface area contributed by atoms with Gasteiger partial charge in [-0.1, -0.05) is 6.92 Å². The van der Waals surface area contributed by atoms with E-state index in [-0.39, 0.29) is 34.7 Å². The quantitative estimate of drug-likeness (QED) is 0.668. The molecule has 23 heavy (non-hydrogen) atoms. The maximum atomic E-state index is 11.7. The van der Waals surface area contributed by atoms with E-state index in [1.807, 2.05) is 27.7 Å². The summed E-state index contributed by atoms with van der Waals surface area (Å²) in [6.45, 7) is 7.90. The van der Waals surface area contributed by atoms with Gasteiger partial charge in [0.05, 0.1) is 19.1 Å². The van der Waals surface area contributed by atoms with Crippen molar-refractivity contribution in [2.75, 3.05) is 5.32 Å². The molecule has 0 radical (unpaired) electrons. The lowest BCUT2D eigenvalue weighted by molar-refractivity contribution is 0.0704. The topological polar surface area (TPSA) is 116 Å². The minimum Gasteiger partial charge on any atom is -0.393 e. The van der Waals surface area contributed by atoms with E-state index in [0.717, 1.165) is 12.8 Å². The molecule has 7 heteroatoms. The minimum atomic E-state index is -0.741. The van der Waals surface area contributed by atoms with E-state index < -0.39 is 12.0 Å². The Morgan fingerprint density at radius 1 is 1.57 bits per heavy atom. The van der Waals surface area contributed by atoms with Crippen LogP contribution >= 0.6 is 0 Å². The number of H-pyrrole nitrogens is 1. The van der Waals surface area contributed by atoms with Crippen LogP contribution in [0.1, 0.15) is 58.7 Å². The molecular formula is C16H27N5O2. The fraction of sp³-hybridized carbons (Fsp3) is 0.688. The number of nitrogens with zero attached hydrogens (tertiary/aromatic N) is 2. The Balaban J connectivity index is 2.45. The first-order chi connectivity index (χ1) is 11.1. The normalized spacial score (nSPS) is 26.7. The molecule has 1 heterocycles. The zero-order chi connectivity index (χ0) is 18.1. The van der Waals surface area contributed by atoms with Crippen LogP contribution in [0.25, 0.3) is 0 Å². The summed E-state index contributed by atoms with van der Waals surface area (Å²) in [7, 11) is 0. The number of hydrogen-bond acceptors (Lipinski definition) is 5. The molecule has 3 atom stereocenters. The molecule has 1 aromatic rings. The predicted octanol–water partition coefficient (Wildman–Crippen LogP) is 1.17. The van der Waals surface area contributed by atoms with Gasteiger partial charge in [0, 0.05) is 11.7 Å². The lowest BCUT2D eigenvalue weighted by atomic mass is 9.85. The lowest BCUT2D eigenvalue weighted by Gasteiger charge is -2.28. The highest BCUT2D eigenvalue weighted by molar-refractivity contribution is 5.92. The zero-order valence-corrected chi connectivity index (χ0v) is 14.2. The van der Waals surface area contributed by atoms with Gasteiger partial charge in [0.25, 0.3) is 5.91 Å². The first kappa shape index (κ1) is 16.0. The predicted molar refractivity (Wildman–Crippen MR) is 88.9 cm³/mol. The Labute approximate surface area is 137 Å². The minimum absolute atomic E-state index is 0.0254. The van der Waals surface area contributed by atoms with E-state index in [1.165, 1.54) is 0 Å². The van der Waals surface area contributed by atoms with Crippen molar-refractivity contribution < 1.29 is 11.3 Å². The van der Waals surface area contributed by atoms with Crippen LogP contribution in [-0.2, 0) is 0 Å². The lowest BCUT2D eigenvalue weighted by Crippen LogP contribution is -2.34. The number of aromatic nitrogens is 2. The number of rotatable bonds is 3. The number of aromatic amines is 1. The molecule has 3 unspecified atom stereocenters. The molecule has 0 saturated heterocycles. The van der Waals surface area contributed by atoms with E-state index in [0.29, 0.717) is 12.4 Å². The molecule has 1 fully saturated rings. The van der Waals surface area contributed by atoms with Gasteiger partial charge in [-0.2, -0.15) is 0 Å². The Bertz CT molecular complexity index is 680. The third-order valence-corrected chi connectivity index (χ3v) is 3.93. The number of nitrogens with one attached hydrogen (secondary N) is 2. The van der Waals surface area contributed by atoms with Gasteiger partial charge in [0.2, 0.25) is 5.95 Å². The van der Waals surface area contributed by atoms with Gasteiger partial charge in [-0.25, -0.2) is 4.98 Å². The number of hydrogen-bond donors (Lipinski definition) is 4. The van der Waals surface area contributed by atoms with Crippen LogP contribution in [-0.4, -0.2) is 38.7 Å². The Morgan fingerprint density at radius 2 is 2.26 bits per heavy atom. The zero-order valence-electron chi connectivity index (χ0n) is 15.2. The number of anilines is 1. The fourth-order valence-corrected chi connectivity index (χ4v) is 2.63. The molecule has 0 aromatic carbocycles. The largest absolute Gasteiger partial charge is 0.393 e. The molecule has 7 nitrogen and oxygen atoms in total.